The van der Waals surface area contributed by atoms with E-state index in [1.165, 1.54) is 0 Å². The molecule has 1 aromatic heterocycles. The number of carbonyl (C=O) groups excluding carboxylic acids is 1. The maximum Gasteiger partial charge on any atom is 0.339 e. The Kier molecular flexibility index (Phi) is 3.99. The molecule has 0 aliphatic heterocycles. The molecule has 100 valence electrons. The van der Waals surface area contributed by atoms with Crippen molar-refractivity contribution in [1.82, 2.24) is 10.2 Å². The van der Waals surface area contributed by atoms with E-state index in [0.29, 0.717) is 17.3 Å². The Morgan fingerprint density at radius 1 is 1.37 bits per heavy atom. The van der Waals surface area contributed by atoms with E-state index in [-0.39, 0.29) is 0 Å². The zero-order valence-corrected chi connectivity index (χ0v) is 12.4. The van der Waals surface area contributed by atoms with Gasteiger partial charge in [-0.15, -0.1) is 10.2 Å². The molecular formula is C13H13BrN2O3. The summed E-state index contributed by atoms with van der Waals surface area (Å²) in [4.78, 5) is 12.1. The highest BCUT2D eigenvalue weighted by atomic mass is 79.9. The van der Waals surface area contributed by atoms with Gasteiger partial charge in [-0.1, -0.05) is 22.0 Å². The molecule has 0 spiro atoms. The van der Waals surface area contributed by atoms with Gasteiger partial charge < -0.3 is 9.15 Å². The predicted octanol–water partition coefficient (Wildman–Crippen LogP) is 3.37. The molecule has 0 amide bonds. The number of hydrogen-bond acceptors (Lipinski definition) is 5. The van der Waals surface area contributed by atoms with Gasteiger partial charge in [0, 0.05) is 11.4 Å². The van der Waals surface area contributed by atoms with Crippen molar-refractivity contribution in [1.29, 1.82) is 0 Å². The summed E-state index contributed by atoms with van der Waals surface area (Å²) in [5, 5.41) is 7.53. The second-order valence-corrected chi connectivity index (χ2v) is 4.97. The summed E-state index contributed by atoms with van der Waals surface area (Å²) in [6.45, 7) is 5.23. The minimum absolute atomic E-state index is 0.290. The molecule has 0 bridgehead atoms. The lowest BCUT2D eigenvalue weighted by molar-refractivity contribution is 0.0276. The van der Waals surface area contributed by atoms with Crippen LogP contribution in [0.25, 0.3) is 0 Å². The molecule has 1 aromatic carbocycles. The molecule has 0 saturated carbocycles. The molecule has 0 aliphatic carbocycles. The smallest absolute Gasteiger partial charge is 0.339 e. The molecule has 6 heteroatoms. The summed E-state index contributed by atoms with van der Waals surface area (Å²) in [5.41, 5.74) is 1.35. The third-order valence-corrected chi connectivity index (χ3v) is 3.52. The van der Waals surface area contributed by atoms with E-state index in [1.54, 1.807) is 26.0 Å². The Morgan fingerprint density at radius 2 is 2.11 bits per heavy atom. The van der Waals surface area contributed by atoms with Gasteiger partial charge in [-0.25, -0.2) is 4.79 Å². The highest BCUT2D eigenvalue weighted by Crippen LogP contribution is 2.23. The first-order valence-corrected chi connectivity index (χ1v) is 6.54. The van der Waals surface area contributed by atoms with E-state index in [1.807, 2.05) is 13.0 Å². The second kappa shape index (κ2) is 5.52. The summed E-state index contributed by atoms with van der Waals surface area (Å²) in [6, 6.07) is 5.38. The average Bonchev–Trinajstić information content (AvgIpc) is 2.79. The lowest BCUT2D eigenvalue weighted by atomic mass is 10.1. The second-order valence-electron chi connectivity index (χ2n) is 4.12. The number of rotatable bonds is 3. The van der Waals surface area contributed by atoms with Gasteiger partial charge in [0.15, 0.2) is 6.10 Å². The fourth-order valence-corrected chi connectivity index (χ4v) is 1.95. The third-order valence-electron chi connectivity index (χ3n) is 2.66. The van der Waals surface area contributed by atoms with Crippen LogP contribution >= 0.6 is 15.9 Å². The molecule has 0 unspecified atom stereocenters. The lowest BCUT2D eigenvalue weighted by Gasteiger charge is -2.11. The first-order chi connectivity index (χ1) is 8.99. The number of hydrogen-bond donors (Lipinski definition) is 0. The third kappa shape index (κ3) is 3.01. The monoisotopic (exact) mass is 324 g/mol. The molecule has 1 atom stereocenters. The van der Waals surface area contributed by atoms with Gasteiger partial charge in [-0.2, -0.15) is 0 Å². The van der Waals surface area contributed by atoms with Crippen LogP contribution in [0.4, 0.5) is 0 Å². The number of carbonyl (C=O) groups is 1. The number of esters is 1. The minimum atomic E-state index is -0.577. The van der Waals surface area contributed by atoms with Crippen LogP contribution in [-0.2, 0) is 4.74 Å². The zero-order valence-electron chi connectivity index (χ0n) is 10.8. The van der Waals surface area contributed by atoms with Crippen molar-refractivity contribution in [2.75, 3.05) is 0 Å². The van der Waals surface area contributed by atoms with E-state index in [9.17, 15) is 4.79 Å². The van der Waals surface area contributed by atoms with Crippen molar-refractivity contribution >= 4 is 21.9 Å². The molecule has 0 N–H and O–H groups in total. The first-order valence-electron chi connectivity index (χ1n) is 5.75. The Bertz CT molecular complexity index is 610. The van der Waals surface area contributed by atoms with Crippen LogP contribution in [0.2, 0.25) is 0 Å². The molecule has 0 aliphatic rings. The number of halogens is 1. The van der Waals surface area contributed by atoms with Crippen LogP contribution in [0.3, 0.4) is 0 Å². The van der Waals surface area contributed by atoms with E-state index in [2.05, 4.69) is 26.1 Å². The van der Waals surface area contributed by atoms with Crippen LogP contribution in [-0.4, -0.2) is 16.2 Å². The Hall–Kier alpha value is -1.69. The summed E-state index contributed by atoms with van der Waals surface area (Å²) < 4.78 is 11.4. The van der Waals surface area contributed by atoms with E-state index >= 15 is 0 Å². The minimum Gasteiger partial charge on any atom is -0.449 e. The van der Waals surface area contributed by atoms with Crippen molar-refractivity contribution in [3.8, 4) is 0 Å². The molecule has 1 heterocycles. The topological polar surface area (TPSA) is 65.2 Å². The average molecular weight is 325 g/mol. The zero-order chi connectivity index (χ0) is 14.0. The SMILES string of the molecule is Cc1nnc([C@@H](C)OC(=O)c2cccc(Br)c2C)o1. The number of nitrogens with zero attached hydrogens (tertiary/aromatic N) is 2. The van der Waals surface area contributed by atoms with Crippen LogP contribution in [0.15, 0.2) is 27.1 Å². The molecule has 2 rings (SSSR count). The van der Waals surface area contributed by atoms with E-state index in [4.69, 9.17) is 9.15 Å². The summed E-state index contributed by atoms with van der Waals surface area (Å²) in [6.07, 6.45) is -0.577. The largest absolute Gasteiger partial charge is 0.449 e. The van der Waals surface area contributed by atoms with Gasteiger partial charge in [0.25, 0.3) is 5.89 Å². The van der Waals surface area contributed by atoms with Crippen molar-refractivity contribution in [2.45, 2.75) is 26.9 Å². The van der Waals surface area contributed by atoms with Crippen molar-refractivity contribution in [2.24, 2.45) is 0 Å². The van der Waals surface area contributed by atoms with Gasteiger partial charge in [0.1, 0.15) is 0 Å². The maximum absolute atomic E-state index is 12.1. The Morgan fingerprint density at radius 3 is 2.74 bits per heavy atom. The fourth-order valence-electron chi connectivity index (χ4n) is 1.58. The van der Waals surface area contributed by atoms with Crippen molar-refractivity contribution in [3.63, 3.8) is 0 Å². The number of aryl methyl sites for hydroxylation is 1. The molecular weight excluding hydrogens is 312 g/mol. The quantitative estimate of drug-likeness (QED) is 0.810. The highest BCUT2D eigenvalue weighted by Gasteiger charge is 2.20. The van der Waals surface area contributed by atoms with Crippen LogP contribution in [0, 0.1) is 13.8 Å². The Labute approximate surface area is 119 Å². The van der Waals surface area contributed by atoms with Gasteiger partial charge in [-0.05, 0) is 31.5 Å². The van der Waals surface area contributed by atoms with Gasteiger partial charge in [0.2, 0.25) is 5.89 Å². The van der Waals surface area contributed by atoms with Crippen molar-refractivity contribution < 1.29 is 13.9 Å². The fraction of sp³-hybridized carbons (Fsp3) is 0.308. The van der Waals surface area contributed by atoms with Gasteiger partial charge in [-0.3, -0.25) is 0 Å². The summed E-state index contributed by atoms with van der Waals surface area (Å²) >= 11 is 3.38. The molecule has 19 heavy (non-hydrogen) atoms. The molecule has 5 nitrogen and oxygen atoms in total. The van der Waals surface area contributed by atoms with Crippen LogP contribution < -0.4 is 0 Å². The first kappa shape index (κ1) is 13.7. The standard InChI is InChI=1S/C13H13BrN2O3/c1-7-10(5-4-6-11(7)14)13(17)18-8(2)12-16-15-9(3)19-12/h4-6,8H,1-3H3/t8-/m1/s1. The lowest BCUT2D eigenvalue weighted by Crippen LogP contribution is -2.11. The normalized spacial score (nSPS) is 12.2. The molecule has 0 saturated heterocycles. The summed E-state index contributed by atoms with van der Waals surface area (Å²) in [5.74, 6) is 0.317. The number of ether oxygens (including phenoxy) is 1. The predicted molar refractivity (Wildman–Crippen MR) is 71.7 cm³/mol. The highest BCUT2D eigenvalue weighted by molar-refractivity contribution is 9.10. The van der Waals surface area contributed by atoms with Crippen LogP contribution in [0.5, 0.6) is 0 Å². The summed E-state index contributed by atoms with van der Waals surface area (Å²) in [7, 11) is 0. The van der Waals surface area contributed by atoms with Crippen molar-refractivity contribution in [3.05, 3.63) is 45.6 Å². The van der Waals surface area contributed by atoms with Gasteiger partial charge >= 0.3 is 5.97 Å². The van der Waals surface area contributed by atoms with Gasteiger partial charge in [0.05, 0.1) is 5.56 Å². The maximum atomic E-state index is 12.1. The van der Waals surface area contributed by atoms with E-state index < -0.39 is 12.1 Å². The molecule has 2 aromatic rings. The molecule has 0 fully saturated rings. The number of benzene rings is 1. The van der Waals surface area contributed by atoms with E-state index in [0.717, 1.165) is 10.0 Å². The molecule has 0 radical (unpaired) electrons. The Balaban J connectivity index is 2.15. The number of aromatic nitrogens is 2. The van der Waals surface area contributed by atoms with Crippen LogP contribution in [0.1, 0.15) is 40.7 Å².